The number of benzene rings is 1. The SMILES string of the molecule is CCCOc1c(Cl)cc(C(=O)N2CCCC(c3nc(C)no3)C2)cc1OC. The maximum atomic E-state index is 13.0. The number of carbonyl (C=O) groups is 1. The highest BCUT2D eigenvalue weighted by atomic mass is 35.5. The quantitative estimate of drug-likeness (QED) is 0.741. The molecular weight excluding hydrogens is 370 g/mol. The number of carbonyl (C=O) groups excluding carboxylic acids is 1. The van der Waals surface area contributed by atoms with Crippen molar-refractivity contribution in [2.45, 2.75) is 39.0 Å². The summed E-state index contributed by atoms with van der Waals surface area (Å²) in [6.07, 6.45) is 2.64. The molecule has 2 heterocycles. The van der Waals surface area contributed by atoms with Crippen LogP contribution in [0.5, 0.6) is 11.5 Å². The highest BCUT2D eigenvalue weighted by Crippen LogP contribution is 2.37. The summed E-state index contributed by atoms with van der Waals surface area (Å²) in [6.45, 7) is 5.54. The van der Waals surface area contributed by atoms with Crippen molar-refractivity contribution < 1.29 is 18.8 Å². The van der Waals surface area contributed by atoms with Crippen LogP contribution in [0.15, 0.2) is 16.7 Å². The molecule has 1 aromatic heterocycles. The average Bonchev–Trinajstić information content (AvgIpc) is 3.12. The number of methoxy groups -OCH3 is 1. The zero-order valence-corrected chi connectivity index (χ0v) is 16.6. The Morgan fingerprint density at radius 2 is 2.26 bits per heavy atom. The van der Waals surface area contributed by atoms with Crippen molar-refractivity contribution >= 4 is 17.5 Å². The number of aryl methyl sites for hydroxylation is 1. The summed E-state index contributed by atoms with van der Waals surface area (Å²) in [6, 6.07) is 3.32. The zero-order chi connectivity index (χ0) is 19.4. The van der Waals surface area contributed by atoms with Gasteiger partial charge in [0.05, 0.1) is 24.7 Å². The normalized spacial score (nSPS) is 17.0. The number of halogens is 1. The molecule has 7 nitrogen and oxygen atoms in total. The Hall–Kier alpha value is -2.28. The van der Waals surface area contributed by atoms with E-state index in [0.29, 0.717) is 53.5 Å². The Bertz CT molecular complexity index is 808. The van der Waals surface area contributed by atoms with E-state index in [9.17, 15) is 4.79 Å². The van der Waals surface area contributed by atoms with Crippen LogP contribution >= 0.6 is 11.6 Å². The smallest absolute Gasteiger partial charge is 0.254 e. The lowest BCUT2D eigenvalue weighted by molar-refractivity contribution is 0.0695. The minimum Gasteiger partial charge on any atom is -0.493 e. The van der Waals surface area contributed by atoms with Crippen LogP contribution in [0.3, 0.4) is 0 Å². The molecule has 27 heavy (non-hydrogen) atoms. The molecule has 1 saturated heterocycles. The van der Waals surface area contributed by atoms with Gasteiger partial charge in [0.25, 0.3) is 5.91 Å². The Morgan fingerprint density at radius 3 is 2.93 bits per heavy atom. The molecule has 0 N–H and O–H groups in total. The Kier molecular flexibility index (Phi) is 6.21. The molecule has 1 amide bonds. The van der Waals surface area contributed by atoms with Gasteiger partial charge in [-0.25, -0.2) is 0 Å². The molecule has 1 aromatic carbocycles. The Balaban J connectivity index is 1.79. The van der Waals surface area contributed by atoms with Gasteiger partial charge < -0.3 is 18.9 Å². The van der Waals surface area contributed by atoms with E-state index in [0.717, 1.165) is 19.3 Å². The summed E-state index contributed by atoms with van der Waals surface area (Å²) in [4.78, 5) is 19.1. The van der Waals surface area contributed by atoms with Crippen LogP contribution in [0.2, 0.25) is 5.02 Å². The summed E-state index contributed by atoms with van der Waals surface area (Å²) in [5, 5.41) is 4.22. The van der Waals surface area contributed by atoms with Gasteiger partial charge in [0, 0.05) is 18.7 Å². The van der Waals surface area contributed by atoms with Gasteiger partial charge in [0.1, 0.15) is 0 Å². The highest BCUT2D eigenvalue weighted by molar-refractivity contribution is 6.32. The summed E-state index contributed by atoms with van der Waals surface area (Å²) >= 11 is 6.35. The molecule has 8 heteroatoms. The fraction of sp³-hybridized carbons (Fsp3) is 0.526. The molecule has 1 aliphatic rings. The number of hydrogen-bond donors (Lipinski definition) is 0. The zero-order valence-electron chi connectivity index (χ0n) is 15.8. The fourth-order valence-corrected chi connectivity index (χ4v) is 3.48. The second-order valence-electron chi connectivity index (χ2n) is 6.61. The van der Waals surface area contributed by atoms with E-state index >= 15 is 0 Å². The lowest BCUT2D eigenvalue weighted by Gasteiger charge is -2.31. The van der Waals surface area contributed by atoms with E-state index in [1.165, 1.54) is 7.11 Å². The standard InChI is InChI=1S/C19H24ClN3O4/c1-4-8-26-17-15(20)9-14(10-16(17)25-3)19(24)23-7-5-6-13(11-23)18-21-12(2)22-27-18/h9-10,13H,4-8,11H2,1-3H3. The van der Waals surface area contributed by atoms with E-state index < -0.39 is 0 Å². The van der Waals surface area contributed by atoms with Crippen molar-refractivity contribution in [3.05, 3.63) is 34.4 Å². The molecular formula is C19H24ClN3O4. The second kappa shape index (κ2) is 8.61. The number of likely N-dealkylation sites (tertiary alicyclic amines) is 1. The summed E-state index contributed by atoms with van der Waals surface area (Å²) in [5.74, 6) is 2.07. The van der Waals surface area contributed by atoms with Crippen molar-refractivity contribution in [2.24, 2.45) is 0 Å². The van der Waals surface area contributed by atoms with E-state index in [1.54, 1.807) is 24.0 Å². The average molecular weight is 394 g/mol. The second-order valence-corrected chi connectivity index (χ2v) is 7.02. The Labute approximate surface area is 163 Å². The number of piperidine rings is 1. The number of hydrogen-bond acceptors (Lipinski definition) is 6. The molecule has 1 aliphatic heterocycles. The van der Waals surface area contributed by atoms with Crippen molar-refractivity contribution in [3.8, 4) is 11.5 Å². The molecule has 0 saturated carbocycles. The predicted octanol–water partition coefficient (Wildman–Crippen LogP) is 3.85. The minimum atomic E-state index is -0.0989. The molecule has 1 unspecified atom stereocenters. The summed E-state index contributed by atoms with van der Waals surface area (Å²) in [7, 11) is 1.54. The van der Waals surface area contributed by atoms with Gasteiger partial charge in [-0.15, -0.1) is 0 Å². The number of amides is 1. The van der Waals surface area contributed by atoms with E-state index in [-0.39, 0.29) is 11.8 Å². The topological polar surface area (TPSA) is 77.7 Å². The van der Waals surface area contributed by atoms with Crippen LogP contribution in [0.1, 0.15) is 54.2 Å². The largest absolute Gasteiger partial charge is 0.493 e. The highest BCUT2D eigenvalue weighted by Gasteiger charge is 2.29. The lowest BCUT2D eigenvalue weighted by atomic mass is 9.97. The molecule has 0 spiro atoms. The van der Waals surface area contributed by atoms with Crippen LogP contribution < -0.4 is 9.47 Å². The third-order valence-corrected chi connectivity index (χ3v) is 4.81. The van der Waals surface area contributed by atoms with Crippen LogP contribution in [0.25, 0.3) is 0 Å². The number of rotatable bonds is 6. The van der Waals surface area contributed by atoms with Gasteiger partial charge in [0.2, 0.25) is 5.89 Å². The molecule has 146 valence electrons. The Morgan fingerprint density at radius 1 is 1.44 bits per heavy atom. The van der Waals surface area contributed by atoms with Gasteiger partial charge in [-0.3, -0.25) is 4.79 Å². The van der Waals surface area contributed by atoms with Crippen molar-refractivity contribution in [2.75, 3.05) is 26.8 Å². The minimum absolute atomic E-state index is 0.0495. The van der Waals surface area contributed by atoms with Gasteiger partial charge in [-0.05, 0) is 38.3 Å². The molecule has 1 fully saturated rings. The monoisotopic (exact) mass is 393 g/mol. The van der Waals surface area contributed by atoms with Crippen LogP contribution in [0, 0.1) is 6.92 Å². The van der Waals surface area contributed by atoms with Crippen molar-refractivity contribution in [1.29, 1.82) is 0 Å². The van der Waals surface area contributed by atoms with E-state index in [2.05, 4.69) is 10.1 Å². The molecule has 2 aromatic rings. The summed E-state index contributed by atoms with van der Waals surface area (Å²) in [5.41, 5.74) is 0.475. The third-order valence-electron chi connectivity index (χ3n) is 4.53. The van der Waals surface area contributed by atoms with Crippen molar-refractivity contribution in [1.82, 2.24) is 15.0 Å². The summed E-state index contributed by atoms with van der Waals surface area (Å²) < 4.78 is 16.3. The fourth-order valence-electron chi connectivity index (χ4n) is 3.21. The van der Waals surface area contributed by atoms with Crippen LogP contribution in [-0.4, -0.2) is 47.8 Å². The maximum Gasteiger partial charge on any atom is 0.254 e. The lowest BCUT2D eigenvalue weighted by Crippen LogP contribution is -2.39. The third kappa shape index (κ3) is 4.35. The van der Waals surface area contributed by atoms with Gasteiger partial charge in [-0.2, -0.15) is 4.98 Å². The first kappa shape index (κ1) is 19.5. The first-order chi connectivity index (χ1) is 13.0. The van der Waals surface area contributed by atoms with E-state index in [1.807, 2.05) is 6.92 Å². The first-order valence-corrected chi connectivity index (χ1v) is 9.51. The first-order valence-electron chi connectivity index (χ1n) is 9.13. The molecule has 0 bridgehead atoms. The molecule has 0 radical (unpaired) electrons. The predicted molar refractivity (Wildman–Crippen MR) is 101 cm³/mol. The number of aromatic nitrogens is 2. The van der Waals surface area contributed by atoms with Gasteiger partial charge in [0.15, 0.2) is 17.3 Å². The molecule has 3 rings (SSSR count). The van der Waals surface area contributed by atoms with Crippen LogP contribution in [-0.2, 0) is 0 Å². The maximum absolute atomic E-state index is 13.0. The van der Waals surface area contributed by atoms with E-state index in [4.69, 9.17) is 25.6 Å². The molecule has 0 aliphatic carbocycles. The van der Waals surface area contributed by atoms with Crippen LogP contribution in [0.4, 0.5) is 0 Å². The number of nitrogens with zero attached hydrogens (tertiary/aromatic N) is 3. The molecule has 1 atom stereocenters. The van der Waals surface area contributed by atoms with Crippen molar-refractivity contribution in [3.63, 3.8) is 0 Å². The van der Waals surface area contributed by atoms with Gasteiger partial charge in [-0.1, -0.05) is 23.7 Å². The van der Waals surface area contributed by atoms with Gasteiger partial charge >= 0.3 is 0 Å². The number of ether oxygens (including phenoxy) is 2.